The van der Waals surface area contributed by atoms with Crippen molar-refractivity contribution in [2.24, 2.45) is 7.05 Å². The molecule has 1 aliphatic heterocycles. The lowest BCUT2D eigenvalue weighted by Crippen LogP contribution is -2.29. The Morgan fingerprint density at radius 3 is 2.82 bits per heavy atom. The highest BCUT2D eigenvalue weighted by molar-refractivity contribution is 7.10. The van der Waals surface area contributed by atoms with Crippen LogP contribution in [0.2, 0.25) is 0 Å². The second kappa shape index (κ2) is 8.14. The Kier molecular flexibility index (Phi) is 4.95. The number of hydrogen-bond acceptors (Lipinski definition) is 6. The number of fused-ring (bicyclic) bond motifs is 2. The number of furan rings is 1. The summed E-state index contributed by atoms with van der Waals surface area (Å²) in [5.74, 6) is 0.402. The van der Waals surface area contributed by atoms with Crippen molar-refractivity contribution in [1.29, 1.82) is 0 Å². The average Bonchev–Trinajstić information content (AvgIpc) is 3.60. The fraction of sp³-hybridized carbons (Fsp3) is 0.192. The molecular weight excluding hydrogens is 446 g/mol. The molecule has 0 radical (unpaired) electrons. The minimum atomic E-state index is -0.204. The van der Waals surface area contributed by atoms with Gasteiger partial charge in [-0.05, 0) is 72.8 Å². The van der Waals surface area contributed by atoms with E-state index in [1.165, 1.54) is 10.4 Å². The average molecular weight is 470 g/mol. The van der Waals surface area contributed by atoms with Gasteiger partial charge in [0, 0.05) is 36.4 Å². The molecular formula is C26H23N5O2S. The van der Waals surface area contributed by atoms with Gasteiger partial charge in [0.25, 0.3) is 5.91 Å². The minimum Gasteiger partial charge on any atom is -0.463 e. The Labute approximate surface area is 200 Å². The van der Waals surface area contributed by atoms with E-state index >= 15 is 0 Å². The van der Waals surface area contributed by atoms with Crippen molar-refractivity contribution in [1.82, 2.24) is 14.8 Å². The van der Waals surface area contributed by atoms with Crippen molar-refractivity contribution in [2.75, 3.05) is 16.8 Å². The van der Waals surface area contributed by atoms with E-state index in [4.69, 9.17) is 4.42 Å². The molecule has 0 saturated heterocycles. The van der Waals surface area contributed by atoms with E-state index in [0.717, 1.165) is 42.0 Å². The highest BCUT2D eigenvalue weighted by Crippen LogP contribution is 2.30. The van der Waals surface area contributed by atoms with Gasteiger partial charge in [0.05, 0.1) is 22.9 Å². The number of pyridine rings is 1. The minimum absolute atomic E-state index is 0.204. The fourth-order valence-electron chi connectivity index (χ4n) is 4.60. The van der Waals surface area contributed by atoms with Gasteiger partial charge in [0.15, 0.2) is 11.4 Å². The zero-order chi connectivity index (χ0) is 23.2. The predicted molar refractivity (Wildman–Crippen MR) is 134 cm³/mol. The van der Waals surface area contributed by atoms with Gasteiger partial charge in [-0.1, -0.05) is 0 Å². The number of carbonyl (C=O) groups excluding carboxylic acids is 1. The summed E-state index contributed by atoms with van der Waals surface area (Å²) in [4.78, 5) is 21.9. The smallest absolute Gasteiger partial charge is 0.256 e. The van der Waals surface area contributed by atoms with Gasteiger partial charge in [-0.25, -0.2) is 4.98 Å². The van der Waals surface area contributed by atoms with E-state index < -0.39 is 0 Å². The first-order valence-corrected chi connectivity index (χ1v) is 12.0. The van der Waals surface area contributed by atoms with Crippen molar-refractivity contribution in [3.63, 3.8) is 0 Å². The van der Waals surface area contributed by atoms with Crippen LogP contribution in [0.3, 0.4) is 0 Å². The molecule has 0 saturated carbocycles. The van der Waals surface area contributed by atoms with Crippen molar-refractivity contribution in [3.05, 3.63) is 81.9 Å². The van der Waals surface area contributed by atoms with Gasteiger partial charge in [-0.2, -0.15) is 5.10 Å². The number of rotatable bonds is 4. The number of amides is 1. The first-order chi connectivity index (χ1) is 16.6. The third kappa shape index (κ3) is 3.56. The Hall–Kier alpha value is -3.91. The van der Waals surface area contributed by atoms with Crippen LogP contribution >= 0.6 is 11.3 Å². The maximum atomic E-state index is 13.4. The van der Waals surface area contributed by atoms with Crippen molar-refractivity contribution < 1.29 is 9.21 Å². The first kappa shape index (κ1) is 20.7. The lowest BCUT2D eigenvalue weighted by molar-refractivity contribution is 0.102. The van der Waals surface area contributed by atoms with E-state index in [9.17, 15) is 4.79 Å². The number of nitrogens with zero attached hydrogens (tertiary/aromatic N) is 4. The number of anilines is 2. The summed E-state index contributed by atoms with van der Waals surface area (Å²) in [5, 5.41) is 10.4. The molecule has 6 rings (SSSR count). The van der Waals surface area contributed by atoms with E-state index in [1.54, 1.807) is 23.1 Å². The number of aromatic nitrogens is 3. The first-order valence-electron chi connectivity index (χ1n) is 11.2. The molecule has 5 aromatic rings. The highest BCUT2D eigenvalue weighted by atomic mass is 32.1. The highest BCUT2D eigenvalue weighted by Gasteiger charge is 2.21. The maximum Gasteiger partial charge on any atom is 0.256 e. The molecule has 0 bridgehead atoms. The predicted octanol–water partition coefficient (Wildman–Crippen LogP) is 5.41. The molecule has 8 heteroatoms. The SMILES string of the molecule is Cc1nn(C)c2nc(-c3ccco3)cc(C(=O)Nc3ccc(N4CCc5sccc5C4)cc3)c12. The van der Waals surface area contributed by atoms with E-state index in [2.05, 4.69) is 43.9 Å². The molecule has 0 aliphatic carbocycles. The standard InChI is InChI=1S/C26H23N5O2S/c1-16-24-20(14-21(22-4-3-12-33-22)28-25(24)30(2)29-16)26(32)27-18-5-7-19(8-6-18)31-11-9-23-17(15-31)10-13-34-23/h3-8,10,12-14H,9,11,15H2,1-2H3,(H,27,32). The number of benzene rings is 1. The van der Waals surface area contributed by atoms with Crippen molar-refractivity contribution in [2.45, 2.75) is 19.9 Å². The van der Waals surface area contributed by atoms with Crippen LogP contribution in [0.25, 0.3) is 22.5 Å². The molecule has 0 fully saturated rings. The van der Waals surface area contributed by atoms with Crippen LogP contribution in [0, 0.1) is 6.92 Å². The molecule has 170 valence electrons. The molecule has 4 aromatic heterocycles. The molecule has 0 atom stereocenters. The summed E-state index contributed by atoms with van der Waals surface area (Å²) in [6.07, 6.45) is 2.67. The largest absolute Gasteiger partial charge is 0.463 e. The molecule has 7 nitrogen and oxygen atoms in total. The van der Waals surface area contributed by atoms with Gasteiger partial charge >= 0.3 is 0 Å². The van der Waals surface area contributed by atoms with Gasteiger partial charge in [0.1, 0.15) is 5.69 Å². The molecule has 1 aromatic carbocycles. The summed E-state index contributed by atoms with van der Waals surface area (Å²) >= 11 is 1.84. The van der Waals surface area contributed by atoms with Crippen LogP contribution in [-0.2, 0) is 20.0 Å². The third-order valence-corrected chi connectivity index (χ3v) is 7.31. The van der Waals surface area contributed by atoms with Crippen molar-refractivity contribution >= 4 is 39.7 Å². The number of hydrogen-bond donors (Lipinski definition) is 1. The lowest BCUT2D eigenvalue weighted by atomic mass is 10.1. The summed E-state index contributed by atoms with van der Waals surface area (Å²) in [6, 6.07) is 15.7. The topological polar surface area (TPSA) is 76.2 Å². The normalized spacial score (nSPS) is 13.3. The lowest BCUT2D eigenvalue weighted by Gasteiger charge is -2.29. The monoisotopic (exact) mass is 469 g/mol. The van der Waals surface area contributed by atoms with E-state index in [1.807, 2.05) is 43.5 Å². The van der Waals surface area contributed by atoms with Crippen molar-refractivity contribution in [3.8, 4) is 11.5 Å². The van der Waals surface area contributed by atoms with Crippen LogP contribution in [0.1, 0.15) is 26.5 Å². The Morgan fingerprint density at radius 2 is 2.03 bits per heavy atom. The van der Waals surface area contributed by atoms with Gasteiger partial charge in [-0.3, -0.25) is 9.48 Å². The Bertz CT molecular complexity index is 1500. The fourth-order valence-corrected chi connectivity index (χ4v) is 5.49. The summed E-state index contributed by atoms with van der Waals surface area (Å²) < 4.78 is 7.22. The summed E-state index contributed by atoms with van der Waals surface area (Å²) in [5.41, 5.74) is 5.83. The molecule has 0 unspecified atom stereocenters. The number of carbonyl (C=O) groups is 1. The molecule has 1 aliphatic rings. The quantitative estimate of drug-likeness (QED) is 0.381. The Balaban J connectivity index is 1.28. The zero-order valence-corrected chi connectivity index (χ0v) is 19.7. The maximum absolute atomic E-state index is 13.4. The second-order valence-corrected chi connectivity index (χ2v) is 9.48. The number of nitrogens with one attached hydrogen (secondary N) is 1. The van der Waals surface area contributed by atoms with Crippen LogP contribution in [0.5, 0.6) is 0 Å². The second-order valence-electron chi connectivity index (χ2n) is 8.48. The molecule has 0 spiro atoms. The zero-order valence-electron chi connectivity index (χ0n) is 18.9. The van der Waals surface area contributed by atoms with Crippen LogP contribution in [0.4, 0.5) is 11.4 Å². The van der Waals surface area contributed by atoms with Crippen LogP contribution < -0.4 is 10.2 Å². The molecule has 1 amide bonds. The van der Waals surface area contributed by atoms with Gasteiger partial charge in [0.2, 0.25) is 0 Å². The number of thiophene rings is 1. The van der Waals surface area contributed by atoms with Gasteiger partial charge < -0.3 is 14.6 Å². The number of aryl methyl sites for hydroxylation is 2. The van der Waals surface area contributed by atoms with Crippen LogP contribution in [-0.4, -0.2) is 27.2 Å². The third-order valence-electron chi connectivity index (χ3n) is 6.28. The molecule has 34 heavy (non-hydrogen) atoms. The van der Waals surface area contributed by atoms with Crippen LogP contribution in [0.15, 0.2) is 64.6 Å². The summed E-state index contributed by atoms with van der Waals surface area (Å²) in [6.45, 7) is 3.82. The van der Waals surface area contributed by atoms with E-state index in [0.29, 0.717) is 22.7 Å². The van der Waals surface area contributed by atoms with E-state index in [-0.39, 0.29) is 5.91 Å². The molecule has 5 heterocycles. The Morgan fingerprint density at radius 1 is 1.18 bits per heavy atom. The summed E-state index contributed by atoms with van der Waals surface area (Å²) in [7, 11) is 1.83. The molecule has 1 N–H and O–H groups in total. The van der Waals surface area contributed by atoms with Gasteiger partial charge in [-0.15, -0.1) is 11.3 Å².